The van der Waals surface area contributed by atoms with Crippen molar-refractivity contribution in [1.82, 2.24) is 0 Å². The number of aromatic nitrogens is 3. The fraction of sp³-hybridized carbons (Fsp3) is 0.227. The molecule has 91 heavy (non-hydrogen) atoms. The Balaban J connectivity index is 0.000000201. The topological polar surface area (TPSA) is 168 Å². The number of methoxy groups -OCH3 is 9. The Morgan fingerprint density at radius 3 is 1.27 bits per heavy atom. The van der Waals surface area contributed by atoms with Crippen molar-refractivity contribution in [3.63, 3.8) is 0 Å². The first-order valence-electron chi connectivity index (χ1n) is 27.3. The molecule has 12 rings (SSSR count). The van der Waals surface area contributed by atoms with Crippen molar-refractivity contribution in [2.75, 3.05) is 79.1 Å². The molecule has 3 aliphatic rings. The lowest BCUT2D eigenvalue weighted by molar-refractivity contribution is -0.688. The number of hydrogen-bond acceptors (Lipinski definition) is 14. The standard InChI is InChI=1S/2C22H23N2O3.C21H20N2O3.CHF3O3S.2BrH.ClH/c2*1-23-11-10-18-20-16(13-19(26-3)22(27-4)21(20)23)9-12-24(18)14-15-5-7-17(25-2)8-6-15;1-24-16-6-4-14(5-7-16)13-23-11-9-15-12-18(25-2)21(26-3)20-19(15)17(23)8-10-22-20;2-1(3,4)8(5,6)7;;;/h2*5-13H,14H2,1-4H3;4-12H,13H2,1-3H3;(H,5,6,7);3*1H/q2*+1;;;;;. The molecule has 0 saturated carbocycles. The SMILES string of the molecule is Br.Br.COc1ccc(CN2C=Cc3cc(OC)c(OC)c4c3c2cc[n+]4C)cc1.COc1ccc(CN2C=Cc3cc(OC)c(OC)c4c3c2cc[n+]4C)cc1.COc1ccc(C[n+]2ccc3cc(OC)c(OC)c4c3c2C=CN4)cc1.O=S(=O)(O)C(F)(F)F.[Cl-]. The number of nitrogens with zero attached hydrogens (tertiary/aromatic N) is 5. The zero-order chi connectivity index (χ0) is 63.0. The second kappa shape index (κ2) is 30.9. The molecule has 0 spiro atoms. The molecule has 6 heterocycles. The van der Waals surface area contributed by atoms with E-state index in [1.54, 1.807) is 64.0 Å². The quantitative estimate of drug-likeness (QED) is 0.0566. The van der Waals surface area contributed by atoms with Crippen LogP contribution in [0.4, 0.5) is 30.2 Å². The molecule has 3 aliphatic heterocycles. The summed E-state index contributed by atoms with van der Waals surface area (Å²) in [6.07, 6.45) is 18.7. The summed E-state index contributed by atoms with van der Waals surface area (Å²) in [5, 5.41) is 7.87. The fourth-order valence-corrected chi connectivity index (χ4v) is 10.7. The van der Waals surface area contributed by atoms with E-state index in [1.165, 1.54) is 16.7 Å². The van der Waals surface area contributed by atoms with Gasteiger partial charge in [-0.1, -0.05) is 24.3 Å². The molecule has 3 aromatic heterocycles. The van der Waals surface area contributed by atoms with Crippen molar-refractivity contribution in [2.24, 2.45) is 14.1 Å². The molecule has 0 radical (unpaired) electrons. The fourth-order valence-electron chi connectivity index (χ4n) is 10.7. The van der Waals surface area contributed by atoms with Gasteiger partial charge in [0, 0.05) is 66.9 Å². The van der Waals surface area contributed by atoms with Crippen LogP contribution in [-0.4, -0.2) is 82.5 Å². The summed E-state index contributed by atoms with van der Waals surface area (Å²) >= 11 is 0. The Morgan fingerprint density at radius 2 is 0.901 bits per heavy atom. The first-order chi connectivity index (χ1) is 42.3. The predicted octanol–water partition coefficient (Wildman–Crippen LogP) is 9.51. The minimum atomic E-state index is -5.84. The summed E-state index contributed by atoms with van der Waals surface area (Å²) < 4.78 is 113. The van der Waals surface area contributed by atoms with E-state index in [-0.39, 0.29) is 46.4 Å². The molecule has 482 valence electrons. The van der Waals surface area contributed by atoms with Crippen LogP contribution < -0.4 is 83.9 Å². The summed E-state index contributed by atoms with van der Waals surface area (Å²) in [4.78, 5) is 4.51. The summed E-state index contributed by atoms with van der Waals surface area (Å²) in [7, 11) is 13.3. The van der Waals surface area contributed by atoms with Gasteiger partial charge in [0.25, 0.3) is 11.0 Å². The number of rotatable bonds is 15. The van der Waals surface area contributed by atoms with Gasteiger partial charge in [-0.3, -0.25) is 4.55 Å². The normalized spacial score (nSPS) is 12.0. The van der Waals surface area contributed by atoms with E-state index in [0.717, 1.165) is 132 Å². The van der Waals surface area contributed by atoms with Gasteiger partial charge in [0.1, 0.15) is 31.3 Å². The average Bonchev–Trinajstić information content (AvgIpc) is 0.799. The molecule has 0 bridgehead atoms. The number of pyridine rings is 3. The van der Waals surface area contributed by atoms with Crippen LogP contribution in [-0.2, 0) is 43.8 Å². The molecule has 25 heteroatoms. The van der Waals surface area contributed by atoms with Gasteiger partial charge in [-0.25, -0.2) is 0 Å². The molecule has 6 aromatic carbocycles. The highest BCUT2D eigenvalue weighted by Gasteiger charge is 2.44. The minimum Gasteiger partial charge on any atom is -1.00 e. The lowest BCUT2D eigenvalue weighted by Gasteiger charge is -2.26. The van der Waals surface area contributed by atoms with Crippen molar-refractivity contribution in [1.29, 1.82) is 0 Å². The van der Waals surface area contributed by atoms with Crippen LogP contribution in [0, 0.1) is 0 Å². The summed E-state index contributed by atoms with van der Waals surface area (Å²) in [5.74, 6) is 7.00. The Labute approximate surface area is 553 Å². The molecule has 2 N–H and O–H groups in total. The van der Waals surface area contributed by atoms with Crippen molar-refractivity contribution >= 4 is 112 Å². The van der Waals surface area contributed by atoms with Gasteiger partial charge in [-0.2, -0.15) is 35.3 Å². The van der Waals surface area contributed by atoms with Crippen molar-refractivity contribution in [2.45, 2.75) is 25.1 Å². The summed E-state index contributed by atoms with van der Waals surface area (Å²) in [5.41, 5.74) is 6.76. The van der Waals surface area contributed by atoms with Crippen LogP contribution in [0.15, 0.2) is 146 Å². The first kappa shape index (κ1) is 71.4. The van der Waals surface area contributed by atoms with E-state index >= 15 is 0 Å². The van der Waals surface area contributed by atoms with Crippen LogP contribution in [0.25, 0.3) is 50.8 Å². The maximum Gasteiger partial charge on any atom is 0.522 e. The van der Waals surface area contributed by atoms with Gasteiger partial charge in [0.2, 0.25) is 17.2 Å². The molecule has 0 aliphatic carbocycles. The number of alkyl halides is 3. The van der Waals surface area contributed by atoms with Crippen molar-refractivity contribution in [3.8, 4) is 51.7 Å². The predicted molar refractivity (Wildman–Crippen MR) is 353 cm³/mol. The maximum atomic E-state index is 10.7. The van der Waals surface area contributed by atoms with Crippen LogP contribution in [0.5, 0.6) is 51.7 Å². The van der Waals surface area contributed by atoms with E-state index in [2.05, 4.69) is 133 Å². The molecule has 9 aromatic rings. The highest BCUT2D eigenvalue weighted by molar-refractivity contribution is 8.93. The number of hydrogen-bond donors (Lipinski definition) is 2. The van der Waals surface area contributed by atoms with E-state index < -0.39 is 15.6 Å². The molecule has 0 unspecified atom stereocenters. The monoisotopic (exact) mass is 1420 g/mol. The van der Waals surface area contributed by atoms with E-state index in [4.69, 9.17) is 55.6 Å². The first-order valence-corrected chi connectivity index (χ1v) is 28.8. The minimum absolute atomic E-state index is 0. The molecule has 0 amide bonds. The molecular weight excluding hydrogens is 1350 g/mol. The van der Waals surface area contributed by atoms with Crippen molar-refractivity contribution < 1.29 is 94.9 Å². The lowest BCUT2D eigenvalue weighted by Crippen LogP contribution is -3.00. The molecule has 18 nitrogen and oxygen atoms in total. The Kier molecular flexibility index (Phi) is 24.2. The van der Waals surface area contributed by atoms with Gasteiger partial charge in [0.05, 0.1) is 97.2 Å². The third-order valence-electron chi connectivity index (χ3n) is 15.0. The number of nitrogens with one attached hydrogen (secondary N) is 1. The smallest absolute Gasteiger partial charge is 0.522 e. The largest absolute Gasteiger partial charge is 1.00 e. The summed E-state index contributed by atoms with van der Waals surface area (Å²) in [6.45, 7) is 2.32. The zero-order valence-corrected chi connectivity index (χ0v) is 56.6. The highest BCUT2D eigenvalue weighted by atomic mass is 79.9. The molecular formula is C66H70Br2ClF3N6O12S+2. The van der Waals surface area contributed by atoms with Gasteiger partial charge in [-0.15, -0.1) is 34.0 Å². The number of benzene rings is 6. The third kappa shape index (κ3) is 15.2. The second-order valence-corrected chi connectivity index (χ2v) is 21.5. The lowest BCUT2D eigenvalue weighted by atomic mass is 10.0. The maximum absolute atomic E-state index is 10.7. The van der Waals surface area contributed by atoms with Gasteiger partial charge in [0.15, 0.2) is 48.1 Å². The van der Waals surface area contributed by atoms with Gasteiger partial charge < -0.3 is 70.2 Å². The summed E-state index contributed by atoms with van der Waals surface area (Å²) in [6, 6.07) is 37.0. The van der Waals surface area contributed by atoms with Crippen molar-refractivity contribution in [3.05, 3.63) is 180 Å². The number of aryl methyl sites for hydroxylation is 2. The second-order valence-electron chi connectivity index (χ2n) is 20.1. The Hall–Kier alpha value is -8.68. The Bertz CT molecular complexity index is 4090. The Morgan fingerprint density at radius 1 is 0.505 bits per heavy atom. The molecule has 0 fully saturated rings. The van der Waals surface area contributed by atoms with Crippen LogP contribution >= 0.6 is 34.0 Å². The van der Waals surface area contributed by atoms with Crippen LogP contribution in [0.2, 0.25) is 0 Å². The van der Waals surface area contributed by atoms with E-state index in [0.29, 0.717) is 5.75 Å². The average molecular weight is 1420 g/mol. The molecule has 0 atom stereocenters. The van der Waals surface area contributed by atoms with E-state index in [9.17, 15) is 13.2 Å². The van der Waals surface area contributed by atoms with E-state index in [1.807, 2.05) is 74.9 Å². The highest BCUT2D eigenvalue weighted by Crippen LogP contribution is 2.46. The molecule has 0 saturated heterocycles. The van der Waals surface area contributed by atoms with Crippen LogP contribution in [0.1, 0.15) is 33.5 Å². The number of ether oxygens (including phenoxy) is 9. The van der Waals surface area contributed by atoms with Gasteiger partial charge >= 0.3 is 15.6 Å². The number of halogens is 6. The van der Waals surface area contributed by atoms with Crippen LogP contribution in [0.3, 0.4) is 0 Å². The zero-order valence-electron chi connectivity index (χ0n) is 51.6. The number of anilines is 3. The van der Waals surface area contributed by atoms with Gasteiger partial charge in [-0.05, 0) is 101 Å². The third-order valence-corrected chi connectivity index (χ3v) is 15.5.